The summed E-state index contributed by atoms with van der Waals surface area (Å²) in [5.41, 5.74) is 0.990. The van der Waals surface area contributed by atoms with Gasteiger partial charge in [0.25, 0.3) is 0 Å². The van der Waals surface area contributed by atoms with Gasteiger partial charge >= 0.3 is 11.8 Å². The number of aliphatic hydroxyl groups is 1. The highest BCUT2D eigenvalue weighted by Crippen LogP contribution is 2.15. The number of anilines is 2. The molecule has 1 saturated heterocycles. The number of rotatable bonds is 4. The third-order valence-electron chi connectivity index (χ3n) is 3.71. The standard InChI is InChI=1S/C16H22N4O4/c1-12(22)17-13-3-2-4-14(11-13)18-15(23)16(24)20-7-5-19(6-8-20)9-10-21/h2-4,11,21H,5-10H2,1H3,(H,17,22)(H,18,23). The summed E-state index contributed by atoms with van der Waals surface area (Å²) in [4.78, 5) is 38.9. The van der Waals surface area contributed by atoms with Gasteiger partial charge in [0.2, 0.25) is 5.91 Å². The van der Waals surface area contributed by atoms with Gasteiger partial charge < -0.3 is 20.6 Å². The van der Waals surface area contributed by atoms with Gasteiger partial charge in [-0.05, 0) is 18.2 Å². The van der Waals surface area contributed by atoms with E-state index >= 15 is 0 Å². The first-order chi connectivity index (χ1) is 11.5. The molecule has 2 rings (SSSR count). The largest absolute Gasteiger partial charge is 0.395 e. The predicted molar refractivity (Wildman–Crippen MR) is 89.5 cm³/mol. The highest BCUT2D eigenvalue weighted by atomic mass is 16.3. The average Bonchev–Trinajstić information content (AvgIpc) is 2.55. The first-order valence-corrected chi connectivity index (χ1v) is 7.80. The topological polar surface area (TPSA) is 102 Å². The van der Waals surface area contributed by atoms with Crippen molar-refractivity contribution in [3.63, 3.8) is 0 Å². The summed E-state index contributed by atoms with van der Waals surface area (Å²) in [6.45, 7) is 4.24. The molecule has 1 aromatic carbocycles. The smallest absolute Gasteiger partial charge is 0.313 e. The van der Waals surface area contributed by atoms with Crippen molar-refractivity contribution in [2.24, 2.45) is 0 Å². The lowest BCUT2D eigenvalue weighted by Gasteiger charge is -2.33. The quantitative estimate of drug-likeness (QED) is 0.657. The Morgan fingerprint density at radius 2 is 1.71 bits per heavy atom. The summed E-state index contributed by atoms with van der Waals surface area (Å²) >= 11 is 0. The lowest BCUT2D eigenvalue weighted by atomic mass is 10.2. The van der Waals surface area contributed by atoms with Crippen LogP contribution in [0.15, 0.2) is 24.3 Å². The van der Waals surface area contributed by atoms with Crippen LogP contribution >= 0.6 is 0 Å². The van der Waals surface area contributed by atoms with Crippen LogP contribution in [0.2, 0.25) is 0 Å². The second kappa shape index (κ2) is 8.42. The molecule has 3 amide bonds. The molecule has 0 radical (unpaired) electrons. The molecule has 0 atom stereocenters. The molecule has 0 aromatic heterocycles. The monoisotopic (exact) mass is 334 g/mol. The minimum atomic E-state index is -0.703. The molecule has 130 valence electrons. The van der Waals surface area contributed by atoms with Crippen LogP contribution in [-0.4, -0.2) is 72.0 Å². The van der Waals surface area contributed by atoms with E-state index in [1.165, 1.54) is 11.8 Å². The van der Waals surface area contributed by atoms with E-state index in [1.807, 2.05) is 4.90 Å². The number of β-amino-alcohol motifs (C(OH)–C–C–N with tert-alkyl or cyclic N) is 1. The lowest BCUT2D eigenvalue weighted by Crippen LogP contribution is -2.52. The van der Waals surface area contributed by atoms with Gasteiger partial charge in [0.05, 0.1) is 6.61 Å². The van der Waals surface area contributed by atoms with Gasteiger partial charge in [-0.2, -0.15) is 0 Å². The summed E-state index contributed by atoms with van der Waals surface area (Å²) in [7, 11) is 0. The Balaban J connectivity index is 1.90. The molecule has 24 heavy (non-hydrogen) atoms. The molecule has 1 heterocycles. The van der Waals surface area contributed by atoms with Gasteiger partial charge in [0, 0.05) is 51.0 Å². The van der Waals surface area contributed by atoms with Crippen LogP contribution in [0.4, 0.5) is 11.4 Å². The van der Waals surface area contributed by atoms with E-state index in [1.54, 1.807) is 24.3 Å². The second-order valence-corrected chi connectivity index (χ2v) is 5.57. The summed E-state index contributed by atoms with van der Waals surface area (Å²) < 4.78 is 0. The second-order valence-electron chi connectivity index (χ2n) is 5.57. The Bertz CT molecular complexity index is 612. The number of aliphatic hydroxyl groups excluding tert-OH is 1. The highest BCUT2D eigenvalue weighted by molar-refractivity contribution is 6.39. The van der Waals surface area contributed by atoms with Crippen LogP contribution in [0.1, 0.15) is 6.92 Å². The Hall–Kier alpha value is -2.45. The molecular weight excluding hydrogens is 312 g/mol. The summed E-state index contributed by atoms with van der Waals surface area (Å²) in [5, 5.41) is 14.1. The van der Waals surface area contributed by atoms with Gasteiger partial charge in [-0.15, -0.1) is 0 Å². The van der Waals surface area contributed by atoms with Gasteiger partial charge in [-0.3, -0.25) is 19.3 Å². The Morgan fingerprint density at radius 1 is 1.08 bits per heavy atom. The molecule has 0 spiro atoms. The van der Waals surface area contributed by atoms with Crippen molar-refractivity contribution in [3.8, 4) is 0 Å². The van der Waals surface area contributed by atoms with E-state index in [0.29, 0.717) is 44.1 Å². The maximum Gasteiger partial charge on any atom is 0.313 e. The number of carbonyl (C=O) groups is 3. The summed E-state index contributed by atoms with van der Waals surface area (Å²) in [6.07, 6.45) is 0. The SMILES string of the molecule is CC(=O)Nc1cccc(NC(=O)C(=O)N2CCN(CCO)CC2)c1. The zero-order chi connectivity index (χ0) is 17.5. The number of hydrogen-bond donors (Lipinski definition) is 3. The number of piperazine rings is 1. The maximum absolute atomic E-state index is 12.2. The van der Waals surface area contributed by atoms with E-state index in [2.05, 4.69) is 10.6 Å². The van der Waals surface area contributed by atoms with Gasteiger partial charge in [0.1, 0.15) is 0 Å². The van der Waals surface area contributed by atoms with Crippen molar-refractivity contribution in [2.45, 2.75) is 6.92 Å². The predicted octanol–water partition coefficient (Wildman–Crippen LogP) is -0.280. The number of hydrogen-bond acceptors (Lipinski definition) is 5. The fraction of sp³-hybridized carbons (Fsp3) is 0.438. The third kappa shape index (κ3) is 5.04. The lowest BCUT2D eigenvalue weighted by molar-refractivity contribution is -0.144. The zero-order valence-electron chi connectivity index (χ0n) is 13.6. The van der Waals surface area contributed by atoms with Crippen molar-refractivity contribution in [1.29, 1.82) is 0 Å². The van der Waals surface area contributed by atoms with E-state index in [9.17, 15) is 14.4 Å². The number of benzene rings is 1. The van der Waals surface area contributed by atoms with E-state index in [0.717, 1.165) is 0 Å². The van der Waals surface area contributed by atoms with Crippen molar-refractivity contribution < 1.29 is 19.5 Å². The van der Waals surface area contributed by atoms with Crippen LogP contribution < -0.4 is 10.6 Å². The third-order valence-corrected chi connectivity index (χ3v) is 3.71. The molecule has 8 nitrogen and oxygen atoms in total. The first kappa shape index (κ1) is 17.9. The molecule has 0 unspecified atom stereocenters. The molecule has 1 aliphatic heterocycles. The molecule has 3 N–H and O–H groups in total. The molecular formula is C16H22N4O4. The maximum atomic E-state index is 12.2. The van der Waals surface area contributed by atoms with Crippen LogP contribution in [-0.2, 0) is 14.4 Å². The Morgan fingerprint density at radius 3 is 2.29 bits per heavy atom. The number of carbonyl (C=O) groups excluding carboxylic acids is 3. The van der Waals surface area contributed by atoms with Gasteiger partial charge in [0.15, 0.2) is 0 Å². The molecule has 0 aliphatic carbocycles. The van der Waals surface area contributed by atoms with E-state index < -0.39 is 11.8 Å². The minimum absolute atomic E-state index is 0.0824. The van der Waals surface area contributed by atoms with Crippen LogP contribution in [0.25, 0.3) is 0 Å². The average molecular weight is 334 g/mol. The number of nitrogens with zero attached hydrogens (tertiary/aromatic N) is 2. The fourth-order valence-corrected chi connectivity index (χ4v) is 2.52. The summed E-state index contributed by atoms with van der Waals surface area (Å²) in [5.74, 6) is -1.50. The van der Waals surface area contributed by atoms with Crippen LogP contribution in [0, 0.1) is 0 Å². The summed E-state index contributed by atoms with van der Waals surface area (Å²) in [6, 6.07) is 6.61. The van der Waals surface area contributed by atoms with Crippen molar-refractivity contribution >= 4 is 29.1 Å². The minimum Gasteiger partial charge on any atom is -0.395 e. The van der Waals surface area contributed by atoms with Crippen molar-refractivity contribution in [2.75, 3.05) is 50.0 Å². The van der Waals surface area contributed by atoms with Gasteiger partial charge in [-0.25, -0.2) is 0 Å². The first-order valence-electron chi connectivity index (χ1n) is 7.80. The Labute approximate surface area is 140 Å². The number of nitrogens with one attached hydrogen (secondary N) is 2. The zero-order valence-corrected chi connectivity index (χ0v) is 13.6. The molecule has 1 aliphatic rings. The Kier molecular flexibility index (Phi) is 6.28. The molecule has 1 aromatic rings. The van der Waals surface area contributed by atoms with Gasteiger partial charge in [-0.1, -0.05) is 6.07 Å². The van der Waals surface area contributed by atoms with Crippen LogP contribution in [0.3, 0.4) is 0 Å². The molecule has 0 bridgehead atoms. The normalized spacial score (nSPS) is 15.0. The van der Waals surface area contributed by atoms with E-state index in [4.69, 9.17) is 5.11 Å². The van der Waals surface area contributed by atoms with Crippen molar-refractivity contribution in [3.05, 3.63) is 24.3 Å². The fourth-order valence-electron chi connectivity index (χ4n) is 2.52. The highest BCUT2D eigenvalue weighted by Gasteiger charge is 2.25. The van der Waals surface area contributed by atoms with E-state index in [-0.39, 0.29) is 12.5 Å². The molecule has 0 saturated carbocycles. The van der Waals surface area contributed by atoms with Crippen LogP contribution in [0.5, 0.6) is 0 Å². The number of amides is 3. The molecule has 1 fully saturated rings. The molecule has 8 heteroatoms. The van der Waals surface area contributed by atoms with Crippen molar-refractivity contribution in [1.82, 2.24) is 9.80 Å².